The van der Waals surface area contributed by atoms with Crippen LogP contribution in [0.2, 0.25) is 10.0 Å². The van der Waals surface area contributed by atoms with E-state index in [1.807, 2.05) is 0 Å². The average molecular weight is 320 g/mol. The SMILES string of the molecule is OC(CNCC1CC(O)C1)COc1cc(Cl)ccc1Cl. The van der Waals surface area contributed by atoms with Crippen molar-refractivity contribution in [2.75, 3.05) is 19.7 Å². The molecule has 0 heterocycles. The molecule has 1 aliphatic rings. The first kappa shape index (κ1) is 15.9. The van der Waals surface area contributed by atoms with Gasteiger partial charge in [0.1, 0.15) is 18.5 Å². The van der Waals surface area contributed by atoms with E-state index in [4.69, 9.17) is 33.0 Å². The van der Waals surface area contributed by atoms with Crippen LogP contribution in [0.3, 0.4) is 0 Å². The van der Waals surface area contributed by atoms with Crippen LogP contribution in [0.1, 0.15) is 12.8 Å². The smallest absolute Gasteiger partial charge is 0.139 e. The molecule has 1 unspecified atom stereocenters. The molecule has 0 radical (unpaired) electrons. The van der Waals surface area contributed by atoms with E-state index >= 15 is 0 Å². The summed E-state index contributed by atoms with van der Waals surface area (Å²) in [4.78, 5) is 0. The standard InChI is InChI=1S/C14H19Cl2NO3/c15-10-1-2-13(16)14(5-10)20-8-12(19)7-17-6-9-3-11(18)4-9/h1-2,5,9,11-12,17-19H,3-4,6-8H2. The van der Waals surface area contributed by atoms with Gasteiger partial charge in [-0.15, -0.1) is 0 Å². The largest absolute Gasteiger partial charge is 0.489 e. The van der Waals surface area contributed by atoms with Gasteiger partial charge in [-0.2, -0.15) is 0 Å². The lowest BCUT2D eigenvalue weighted by Gasteiger charge is -2.31. The van der Waals surface area contributed by atoms with Gasteiger partial charge in [-0.25, -0.2) is 0 Å². The Hall–Kier alpha value is -0.520. The van der Waals surface area contributed by atoms with Gasteiger partial charge in [-0.3, -0.25) is 0 Å². The van der Waals surface area contributed by atoms with Crippen molar-refractivity contribution in [2.24, 2.45) is 5.92 Å². The minimum atomic E-state index is -0.616. The predicted molar refractivity (Wildman–Crippen MR) is 79.6 cm³/mol. The Kier molecular flexibility index (Phi) is 5.93. The number of ether oxygens (including phenoxy) is 1. The van der Waals surface area contributed by atoms with Crippen LogP contribution in [0.5, 0.6) is 5.75 Å². The molecule has 1 aromatic rings. The summed E-state index contributed by atoms with van der Waals surface area (Å²) in [6.07, 6.45) is 0.935. The predicted octanol–water partition coefficient (Wildman–Crippen LogP) is 2.09. The summed E-state index contributed by atoms with van der Waals surface area (Å²) in [6, 6.07) is 4.97. The number of benzene rings is 1. The highest BCUT2D eigenvalue weighted by Gasteiger charge is 2.26. The van der Waals surface area contributed by atoms with Crippen LogP contribution in [0.4, 0.5) is 0 Å². The third-order valence-corrected chi connectivity index (χ3v) is 3.90. The van der Waals surface area contributed by atoms with Crippen molar-refractivity contribution in [3.05, 3.63) is 28.2 Å². The number of aliphatic hydroxyl groups is 2. The molecule has 0 amide bonds. The van der Waals surface area contributed by atoms with Gasteiger partial charge in [0.2, 0.25) is 0 Å². The molecule has 1 aromatic carbocycles. The third-order valence-electron chi connectivity index (χ3n) is 3.35. The van der Waals surface area contributed by atoms with Crippen LogP contribution >= 0.6 is 23.2 Å². The molecule has 1 aliphatic carbocycles. The van der Waals surface area contributed by atoms with Gasteiger partial charge >= 0.3 is 0 Å². The summed E-state index contributed by atoms with van der Waals surface area (Å²) in [5.41, 5.74) is 0. The normalized spacial score (nSPS) is 23.2. The van der Waals surface area contributed by atoms with Crippen LogP contribution in [0.25, 0.3) is 0 Å². The lowest BCUT2D eigenvalue weighted by atomic mass is 9.82. The maximum atomic E-state index is 9.81. The van der Waals surface area contributed by atoms with E-state index in [2.05, 4.69) is 5.32 Å². The fraction of sp³-hybridized carbons (Fsp3) is 0.571. The second kappa shape index (κ2) is 7.48. The highest BCUT2D eigenvalue weighted by atomic mass is 35.5. The van der Waals surface area contributed by atoms with Crippen LogP contribution in [0.15, 0.2) is 18.2 Å². The minimum Gasteiger partial charge on any atom is -0.489 e. The molecule has 4 nitrogen and oxygen atoms in total. The Morgan fingerprint density at radius 2 is 2.10 bits per heavy atom. The molecular formula is C14H19Cl2NO3. The monoisotopic (exact) mass is 319 g/mol. The summed E-state index contributed by atoms with van der Waals surface area (Å²) >= 11 is 11.8. The second-order valence-electron chi connectivity index (χ2n) is 5.19. The van der Waals surface area contributed by atoms with Crippen molar-refractivity contribution >= 4 is 23.2 Å². The molecule has 0 aromatic heterocycles. The third kappa shape index (κ3) is 4.79. The quantitative estimate of drug-likeness (QED) is 0.720. The van der Waals surface area contributed by atoms with Crippen LogP contribution in [-0.4, -0.2) is 42.1 Å². The van der Waals surface area contributed by atoms with Crippen molar-refractivity contribution < 1.29 is 14.9 Å². The molecule has 6 heteroatoms. The summed E-state index contributed by atoms with van der Waals surface area (Å²) < 4.78 is 5.45. The number of rotatable bonds is 7. The molecule has 20 heavy (non-hydrogen) atoms. The molecule has 2 rings (SSSR count). The Morgan fingerprint density at radius 3 is 2.80 bits per heavy atom. The van der Waals surface area contributed by atoms with Gasteiger partial charge in [0, 0.05) is 17.6 Å². The first-order valence-corrected chi connectivity index (χ1v) is 7.45. The molecular weight excluding hydrogens is 301 g/mol. The molecule has 0 aliphatic heterocycles. The summed E-state index contributed by atoms with van der Waals surface area (Å²) in [5.74, 6) is 0.987. The Morgan fingerprint density at radius 1 is 1.35 bits per heavy atom. The molecule has 0 saturated heterocycles. The molecule has 112 valence electrons. The highest BCUT2D eigenvalue weighted by molar-refractivity contribution is 6.34. The van der Waals surface area contributed by atoms with E-state index in [1.54, 1.807) is 18.2 Å². The maximum Gasteiger partial charge on any atom is 0.139 e. The topological polar surface area (TPSA) is 61.7 Å². The Balaban J connectivity index is 1.64. The first-order valence-electron chi connectivity index (χ1n) is 6.69. The van der Waals surface area contributed by atoms with Crippen LogP contribution in [-0.2, 0) is 0 Å². The fourth-order valence-electron chi connectivity index (χ4n) is 2.15. The number of halogens is 2. The molecule has 0 bridgehead atoms. The van der Waals surface area contributed by atoms with Crippen molar-refractivity contribution in [3.8, 4) is 5.75 Å². The minimum absolute atomic E-state index is 0.139. The van der Waals surface area contributed by atoms with Crippen molar-refractivity contribution in [1.82, 2.24) is 5.32 Å². The zero-order valence-corrected chi connectivity index (χ0v) is 12.6. The summed E-state index contributed by atoms with van der Waals surface area (Å²) in [6.45, 7) is 1.41. The highest BCUT2D eigenvalue weighted by Crippen LogP contribution is 2.28. The average Bonchev–Trinajstić information content (AvgIpc) is 2.37. The number of hydrogen-bond acceptors (Lipinski definition) is 4. The number of aliphatic hydroxyl groups excluding tert-OH is 2. The van der Waals surface area contributed by atoms with Crippen molar-refractivity contribution in [3.63, 3.8) is 0 Å². The molecule has 3 N–H and O–H groups in total. The van der Waals surface area contributed by atoms with Gasteiger partial charge in [0.25, 0.3) is 0 Å². The molecule has 1 saturated carbocycles. The van der Waals surface area contributed by atoms with Gasteiger partial charge in [0.15, 0.2) is 0 Å². The van der Waals surface area contributed by atoms with Gasteiger partial charge in [0.05, 0.1) is 11.1 Å². The van der Waals surface area contributed by atoms with Gasteiger partial charge in [-0.05, 0) is 37.4 Å². The van der Waals surface area contributed by atoms with Gasteiger partial charge < -0.3 is 20.3 Å². The molecule has 1 atom stereocenters. The Labute approximate surface area is 128 Å². The van der Waals surface area contributed by atoms with Crippen molar-refractivity contribution in [2.45, 2.75) is 25.0 Å². The molecule has 1 fully saturated rings. The van der Waals surface area contributed by atoms with E-state index in [0.717, 1.165) is 19.4 Å². The summed E-state index contributed by atoms with van der Waals surface area (Å²) in [5, 5.41) is 23.2. The van der Waals surface area contributed by atoms with E-state index in [1.165, 1.54) is 0 Å². The number of hydrogen-bond donors (Lipinski definition) is 3. The van der Waals surface area contributed by atoms with Crippen LogP contribution in [0, 0.1) is 5.92 Å². The van der Waals surface area contributed by atoms with Crippen LogP contribution < -0.4 is 10.1 Å². The fourth-order valence-corrected chi connectivity index (χ4v) is 2.49. The van der Waals surface area contributed by atoms with E-state index < -0.39 is 6.10 Å². The number of nitrogens with one attached hydrogen (secondary N) is 1. The van der Waals surface area contributed by atoms with Gasteiger partial charge in [-0.1, -0.05) is 23.2 Å². The first-order chi connectivity index (χ1) is 9.54. The molecule has 0 spiro atoms. The second-order valence-corrected chi connectivity index (χ2v) is 6.03. The van der Waals surface area contributed by atoms with Crippen molar-refractivity contribution in [1.29, 1.82) is 0 Å². The summed E-state index contributed by atoms with van der Waals surface area (Å²) in [7, 11) is 0. The lowest BCUT2D eigenvalue weighted by Crippen LogP contribution is -2.39. The zero-order chi connectivity index (χ0) is 14.5. The zero-order valence-electron chi connectivity index (χ0n) is 11.1. The van der Waals surface area contributed by atoms with E-state index in [-0.39, 0.29) is 12.7 Å². The lowest BCUT2D eigenvalue weighted by molar-refractivity contribution is 0.0400. The van der Waals surface area contributed by atoms with E-state index in [9.17, 15) is 5.11 Å². The Bertz CT molecular complexity index is 438. The van der Waals surface area contributed by atoms with E-state index in [0.29, 0.717) is 28.3 Å². The maximum absolute atomic E-state index is 9.81.